The lowest BCUT2D eigenvalue weighted by atomic mass is 10.0. The Labute approximate surface area is 215 Å². The number of rotatable bonds is 9. The quantitative estimate of drug-likeness (QED) is 0.251. The molecule has 0 atom stereocenters. The van der Waals surface area contributed by atoms with Gasteiger partial charge in [-0.25, -0.2) is 13.8 Å². The second kappa shape index (κ2) is 11.6. The number of benzene rings is 3. The predicted molar refractivity (Wildman–Crippen MR) is 137 cm³/mol. The molecule has 4 aromatic rings. The molecule has 7 heteroatoms. The molecule has 1 aliphatic heterocycles. The van der Waals surface area contributed by atoms with Crippen LogP contribution >= 0.6 is 0 Å². The molecule has 1 aromatic heterocycles. The Hall–Kier alpha value is -3.71. The molecular formula is C30H29F2NO4. The van der Waals surface area contributed by atoms with E-state index in [1.165, 1.54) is 6.07 Å². The molecule has 3 aromatic carbocycles. The highest BCUT2D eigenvalue weighted by atomic mass is 19.1. The second-order valence-electron chi connectivity index (χ2n) is 9.17. The normalized spacial score (nSPS) is 14.0. The highest BCUT2D eigenvalue weighted by molar-refractivity contribution is 5.86. The van der Waals surface area contributed by atoms with Crippen LogP contribution in [0.4, 0.5) is 8.78 Å². The van der Waals surface area contributed by atoms with Crippen LogP contribution in [0.25, 0.3) is 10.9 Å². The van der Waals surface area contributed by atoms with E-state index in [1.807, 2.05) is 61.5 Å². The van der Waals surface area contributed by atoms with Crippen molar-refractivity contribution in [3.05, 3.63) is 95.2 Å². The highest BCUT2D eigenvalue weighted by Crippen LogP contribution is 2.33. The minimum Gasteiger partial charge on any atom is -0.490 e. The fourth-order valence-electron chi connectivity index (χ4n) is 4.38. The van der Waals surface area contributed by atoms with E-state index in [4.69, 9.17) is 23.9 Å². The van der Waals surface area contributed by atoms with Gasteiger partial charge in [-0.3, -0.25) is 0 Å². The fourth-order valence-corrected chi connectivity index (χ4v) is 4.38. The average molecular weight is 506 g/mol. The molecule has 37 heavy (non-hydrogen) atoms. The van der Waals surface area contributed by atoms with Crippen LogP contribution in [0.3, 0.4) is 0 Å². The van der Waals surface area contributed by atoms with E-state index in [0.29, 0.717) is 37.9 Å². The molecule has 0 saturated carbocycles. The summed E-state index contributed by atoms with van der Waals surface area (Å²) in [6.07, 6.45) is 1.71. The van der Waals surface area contributed by atoms with Crippen LogP contribution in [0, 0.1) is 24.5 Å². The summed E-state index contributed by atoms with van der Waals surface area (Å²) in [5.41, 5.74) is 3.19. The number of hydrogen-bond donors (Lipinski definition) is 0. The van der Waals surface area contributed by atoms with Gasteiger partial charge in [0.1, 0.15) is 19.0 Å². The number of aromatic nitrogens is 1. The summed E-state index contributed by atoms with van der Waals surface area (Å²) in [5, 5.41) is 0.886. The number of pyridine rings is 1. The summed E-state index contributed by atoms with van der Waals surface area (Å²) >= 11 is 0. The highest BCUT2D eigenvalue weighted by Gasteiger charge is 2.19. The van der Waals surface area contributed by atoms with Crippen LogP contribution in [-0.2, 0) is 18.0 Å². The Morgan fingerprint density at radius 1 is 0.838 bits per heavy atom. The standard InChI is InChI=1S/C30H29F2NO4/c1-20-27(33-26-10-6-5-9-23(26)30(20)37-18-21-7-3-2-4-8-21)19-36-29-16-28(24(31)15-25(29)32)35-17-22-11-13-34-14-12-22/h2-10,15-16,22H,11-14,17-19H2,1H3. The number of hydrogen-bond acceptors (Lipinski definition) is 5. The minimum absolute atomic E-state index is 0.0136. The smallest absolute Gasteiger partial charge is 0.168 e. The second-order valence-corrected chi connectivity index (χ2v) is 9.17. The Bertz CT molecular complexity index is 1360. The van der Waals surface area contributed by atoms with Crippen LogP contribution < -0.4 is 14.2 Å². The molecule has 5 rings (SSSR count). The lowest BCUT2D eigenvalue weighted by Crippen LogP contribution is -2.21. The zero-order valence-electron chi connectivity index (χ0n) is 20.7. The van der Waals surface area contributed by atoms with Crippen molar-refractivity contribution in [3.8, 4) is 17.2 Å². The first-order valence-corrected chi connectivity index (χ1v) is 12.5. The maximum absolute atomic E-state index is 14.6. The molecule has 5 nitrogen and oxygen atoms in total. The Kier molecular flexibility index (Phi) is 7.80. The number of ether oxygens (including phenoxy) is 4. The molecule has 0 aliphatic carbocycles. The number of fused-ring (bicyclic) bond motifs is 1. The first-order chi connectivity index (χ1) is 18.1. The molecule has 192 valence electrons. The summed E-state index contributed by atoms with van der Waals surface area (Å²) in [6, 6.07) is 19.7. The van der Waals surface area contributed by atoms with Crippen molar-refractivity contribution in [1.29, 1.82) is 0 Å². The van der Waals surface area contributed by atoms with E-state index >= 15 is 0 Å². The lowest BCUT2D eigenvalue weighted by molar-refractivity contribution is 0.0491. The third-order valence-corrected chi connectivity index (χ3v) is 6.57. The van der Waals surface area contributed by atoms with Gasteiger partial charge in [-0.15, -0.1) is 0 Å². The summed E-state index contributed by atoms with van der Waals surface area (Å²) in [4.78, 5) is 4.73. The molecule has 0 amide bonds. The van der Waals surface area contributed by atoms with Gasteiger partial charge >= 0.3 is 0 Å². The third-order valence-electron chi connectivity index (χ3n) is 6.57. The Balaban J connectivity index is 1.35. The fraction of sp³-hybridized carbons (Fsp3) is 0.300. The Morgan fingerprint density at radius 2 is 1.54 bits per heavy atom. The van der Waals surface area contributed by atoms with Gasteiger partial charge in [0.05, 0.1) is 17.8 Å². The van der Waals surface area contributed by atoms with Crippen molar-refractivity contribution in [2.24, 2.45) is 5.92 Å². The van der Waals surface area contributed by atoms with E-state index in [2.05, 4.69) is 0 Å². The van der Waals surface area contributed by atoms with E-state index in [0.717, 1.165) is 40.9 Å². The largest absolute Gasteiger partial charge is 0.490 e. The molecule has 0 unspecified atom stereocenters. The van der Waals surface area contributed by atoms with E-state index in [-0.39, 0.29) is 24.0 Å². The van der Waals surface area contributed by atoms with E-state index in [1.54, 1.807) is 0 Å². The van der Waals surface area contributed by atoms with Crippen molar-refractivity contribution in [2.45, 2.75) is 33.0 Å². The number of nitrogens with zero attached hydrogens (tertiary/aromatic N) is 1. The summed E-state index contributed by atoms with van der Waals surface area (Å²) in [5.74, 6) is -0.694. The zero-order valence-corrected chi connectivity index (χ0v) is 20.7. The molecule has 1 aliphatic rings. The molecule has 0 N–H and O–H groups in total. The molecule has 0 spiro atoms. The first kappa shape index (κ1) is 25.0. The third kappa shape index (κ3) is 6.00. The van der Waals surface area contributed by atoms with Crippen molar-refractivity contribution in [3.63, 3.8) is 0 Å². The van der Waals surface area contributed by atoms with Crippen molar-refractivity contribution >= 4 is 10.9 Å². The maximum atomic E-state index is 14.6. The van der Waals surface area contributed by atoms with Crippen molar-refractivity contribution in [2.75, 3.05) is 19.8 Å². The number of para-hydroxylation sites is 1. The molecule has 0 radical (unpaired) electrons. The molecule has 0 bridgehead atoms. The number of halogens is 2. The van der Waals surface area contributed by atoms with Crippen molar-refractivity contribution in [1.82, 2.24) is 4.98 Å². The minimum atomic E-state index is -0.796. The van der Waals surface area contributed by atoms with Gasteiger partial charge in [-0.2, -0.15) is 0 Å². The van der Waals surface area contributed by atoms with Gasteiger partial charge in [0.25, 0.3) is 0 Å². The Morgan fingerprint density at radius 3 is 2.32 bits per heavy atom. The van der Waals surface area contributed by atoms with Gasteiger partial charge < -0.3 is 18.9 Å². The van der Waals surface area contributed by atoms with Gasteiger partial charge in [0, 0.05) is 36.3 Å². The molecule has 1 saturated heterocycles. The lowest BCUT2D eigenvalue weighted by Gasteiger charge is -2.22. The summed E-state index contributed by atoms with van der Waals surface area (Å²) in [7, 11) is 0. The maximum Gasteiger partial charge on any atom is 0.168 e. The molecule has 2 heterocycles. The first-order valence-electron chi connectivity index (χ1n) is 12.5. The summed E-state index contributed by atoms with van der Waals surface area (Å²) in [6.45, 7) is 3.98. The topological polar surface area (TPSA) is 49.8 Å². The van der Waals surface area contributed by atoms with Crippen LogP contribution in [-0.4, -0.2) is 24.8 Å². The van der Waals surface area contributed by atoms with E-state index < -0.39 is 11.6 Å². The van der Waals surface area contributed by atoms with Crippen LogP contribution in [0.15, 0.2) is 66.7 Å². The molecule has 1 fully saturated rings. The van der Waals surface area contributed by atoms with Crippen LogP contribution in [0.2, 0.25) is 0 Å². The van der Waals surface area contributed by atoms with Crippen LogP contribution in [0.5, 0.6) is 17.2 Å². The average Bonchev–Trinajstić information content (AvgIpc) is 2.93. The predicted octanol–water partition coefficient (Wildman–Crippen LogP) is 6.78. The molecular weight excluding hydrogens is 476 g/mol. The SMILES string of the molecule is Cc1c(COc2cc(OCC3CCOCC3)c(F)cc2F)nc2ccccc2c1OCc1ccccc1. The van der Waals surface area contributed by atoms with Gasteiger partial charge in [0.15, 0.2) is 23.1 Å². The van der Waals surface area contributed by atoms with Crippen molar-refractivity contribution < 1.29 is 27.7 Å². The van der Waals surface area contributed by atoms with Gasteiger partial charge in [-0.1, -0.05) is 42.5 Å². The van der Waals surface area contributed by atoms with Gasteiger partial charge in [-0.05, 0) is 43.4 Å². The van der Waals surface area contributed by atoms with Crippen LogP contribution in [0.1, 0.15) is 29.7 Å². The summed E-state index contributed by atoms with van der Waals surface area (Å²) < 4.78 is 52.0. The van der Waals surface area contributed by atoms with Gasteiger partial charge in [0.2, 0.25) is 0 Å². The zero-order chi connectivity index (χ0) is 25.6. The van der Waals surface area contributed by atoms with E-state index in [9.17, 15) is 8.78 Å². The monoisotopic (exact) mass is 505 g/mol.